The van der Waals surface area contributed by atoms with Crippen LogP contribution in [0.25, 0.3) is 0 Å². The third-order valence-corrected chi connectivity index (χ3v) is 4.18. The lowest BCUT2D eigenvalue weighted by Crippen LogP contribution is -2.41. The molecule has 10 heteroatoms. The number of ether oxygens (including phenoxy) is 1. The second-order valence-electron chi connectivity index (χ2n) is 6.03. The number of hydrogen-bond donors (Lipinski definition) is 3. The lowest BCUT2D eigenvalue weighted by atomic mass is 10.1. The predicted octanol–water partition coefficient (Wildman–Crippen LogP) is -0.0983. The summed E-state index contributed by atoms with van der Waals surface area (Å²) >= 11 is 0. The van der Waals surface area contributed by atoms with Gasteiger partial charge in [0.1, 0.15) is 0 Å². The van der Waals surface area contributed by atoms with E-state index >= 15 is 0 Å². The Morgan fingerprint density at radius 3 is 2.74 bits per heavy atom. The lowest BCUT2D eigenvalue weighted by molar-refractivity contribution is -0.121. The fraction of sp³-hybridized carbons (Fsp3) is 0.412. The van der Waals surface area contributed by atoms with E-state index in [2.05, 4.69) is 20.8 Å². The summed E-state index contributed by atoms with van der Waals surface area (Å²) in [4.78, 5) is 45.1. The number of carbonyl (C=O) groups excluding carboxylic acids is 2. The smallest absolute Gasteiger partial charge is 0.305 e. The van der Waals surface area contributed by atoms with Crippen molar-refractivity contribution in [3.63, 3.8) is 0 Å². The van der Waals surface area contributed by atoms with Crippen LogP contribution in [0.1, 0.15) is 28.2 Å². The van der Waals surface area contributed by atoms with E-state index in [1.165, 1.54) is 12.3 Å². The van der Waals surface area contributed by atoms with Crippen molar-refractivity contribution >= 4 is 17.8 Å². The second kappa shape index (κ2) is 8.49. The van der Waals surface area contributed by atoms with E-state index in [0.29, 0.717) is 43.5 Å². The minimum absolute atomic E-state index is 0.0287. The van der Waals surface area contributed by atoms with E-state index in [4.69, 9.17) is 9.15 Å². The normalized spacial score (nSPS) is 14.0. The zero-order chi connectivity index (χ0) is 19.2. The number of amides is 2. The van der Waals surface area contributed by atoms with Gasteiger partial charge in [0.05, 0.1) is 19.5 Å². The number of aryl methyl sites for hydroxylation is 1. The van der Waals surface area contributed by atoms with Gasteiger partial charge in [0.2, 0.25) is 11.9 Å². The molecule has 0 saturated carbocycles. The average molecular weight is 375 g/mol. The van der Waals surface area contributed by atoms with Gasteiger partial charge in [0.25, 0.3) is 5.56 Å². The van der Waals surface area contributed by atoms with Gasteiger partial charge in [0.15, 0.2) is 5.76 Å². The zero-order valence-electron chi connectivity index (χ0n) is 14.9. The molecule has 27 heavy (non-hydrogen) atoms. The van der Waals surface area contributed by atoms with E-state index < -0.39 is 11.8 Å². The Morgan fingerprint density at radius 2 is 2.07 bits per heavy atom. The highest BCUT2D eigenvalue weighted by molar-refractivity contribution is 5.92. The summed E-state index contributed by atoms with van der Waals surface area (Å²) in [6, 6.07) is 3.05. The largest absolute Gasteiger partial charge is 0.459 e. The first-order valence-electron chi connectivity index (χ1n) is 8.60. The van der Waals surface area contributed by atoms with Crippen LogP contribution in [-0.4, -0.2) is 48.1 Å². The molecule has 2 aromatic heterocycles. The van der Waals surface area contributed by atoms with Crippen molar-refractivity contribution in [2.75, 3.05) is 31.2 Å². The topological polar surface area (TPSA) is 130 Å². The first-order chi connectivity index (χ1) is 13.0. The van der Waals surface area contributed by atoms with Crippen molar-refractivity contribution in [3.05, 3.63) is 45.8 Å². The van der Waals surface area contributed by atoms with Crippen molar-refractivity contribution in [1.82, 2.24) is 20.8 Å². The Bertz CT molecular complexity index is 855. The summed E-state index contributed by atoms with van der Waals surface area (Å²) < 4.78 is 10.2. The highest BCUT2D eigenvalue weighted by atomic mass is 16.5. The Morgan fingerprint density at radius 1 is 1.30 bits per heavy atom. The first kappa shape index (κ1) is 18.6. The summed E-state index contributed by atoms with van der Waals surface area (Å²) in [5.74, 6) is -0.380. The number of hydrogen-bond acceptors (Lipinski definition) is 7. The molecule has 1 fully saturated rings. The molecule has 2 aromatic rings. The number of rotatable bonds is 5. The molecule has 0 spiro atoms. The number of morpholine rings is 1. The van der Waals surface area contributed by atoms with Crippen molar-refractivity contribution < 1.29 is 18.7 Å². The molecule has 3 N–H and O–H groups in total. The SMILES string of the molecule is Cc1nc(N2CCOCC2)[nH]c(=O)c1CCC(=O)NNC(=O)c1ccco1. The van der Waals surface area contributed by atoms with Gasteiger partial charge in [-0.15, -0.1) is 0 Å². The number of H-pyrrole nitrogens is 1. The second-order valence-corrected chi connectivity index (χ2v) is 6.03. The highest BCUT2D eigenvalue weighted by Gasteiger charge is 2.17. The molecule has 1 aliphatic heterocycles. The van der Waals surface area contributed by atoms with Crippen molar-refractivity contribution in [3.8, 4) is 0 Å². The van der Waals surface area contributed by atoms with E-state index in [1.807, 2.05) is 4.90 Å². The Labute approximate surface area is 154 Å². The molecule has 1 saturated heterocycles. The monoisotopic (exact) mass is 375 g/mol. The molecule has 0 aromatic carbocycles. The molecule has 10 nitrogen and oxygen atoms in total. The minimum atomic E-state index is -0.557. The number of nitrogens with one attached hydrogen (secondary N) is 3. The summed E-state index contributed by atoms with van der Waals surface area (Å²) in [6.07, 6.45) is 1.60. The standard InChI is InChI=1S/C17H21N5O5/c1-11-12(15(24)19-17(18-11)22-6-9-26-10-7-22)4-5-14(23)20-21-16(25)13-3-2-8-27-13/h2-3,8H,4-7,9-10H2,1H3,(H,20,23)(H,21,25)(H,18,19,24). The van der Waals surface area contributed by atoms with Gasteiger partial charge in [-0.3, -0.25) is 30.2 Å². The third kappa shape index (κ3) is 4.73. The maximum absolute atomic E-state index is 12.4. The molecule has 0 aliphatic carbocycles. The van der Waals surface area contributed by atoms with Gasteiger partial charge in [-0.2, -0.15) is 0 Å². The van der Waals surface area contributed by atoms with Gasteiger partial charge in [-0.05, 0) is 25.5 Å². The number of hydrazine groups is 1. The molecule has 3 rings (SSSR count). The first-order valence-corrected chi connectivity index (χ1v) is 8.60. The summed E-state index contributed by atoms with van der Waals surface area (Å²) in [5, 5.41) is 0. The predicted molar refractivity (Wildman–Crippen MR) is 95.3 cm³/mol. The van der Waals surface area contributed by atoms with Crippen LogP contribution in [0.4, 0.5) is 5.95 Å². The number of aromatic amines is 1. The number of aromatic nitrogens is 2. The van der Waals surface area contributed by atoms with E-state index in [9.17, 15) is 14.4 Å². The Balaban J connectivity index is 1.55. The third-order valence-electron chi connectivity index (χ3n) is 4.18. The van der Waals surface area contributed by atoms with Crippen molar-refractivity contribution in [2.45, 2.75) is 19.8 Å². The van der Waals surface area contributed by atoms with Crippen LogP contribution in [0.15, 0.2) is 27.6 Å². The minimum Gasteiger partial charge on any atom is -0.459 e. The van der Waals surface area contributed by atoms with Crippen LogP contribution in [0.5, 0.6) is 0 Å². The fourth-order valence-electron chi connectivity index (χ4n) is 2.71. The van der Waals surface area contributed by atoms with E-state index in [-0.39, 0.29) is 24.2 Å². The average Bonchev–Trinajstić information content (AvgIpc) is 3.21. The van der Waals surface area contributed by atoms with Crippen molar-refractivity contribution in [2.24, 2.45) is 0 Å². The molecule has 0 radical (unpaired) electrons. The van der Waals surface area contributed by atoms with Gasteiger partial charge in [-0.1, -0.05) is 0 Å². The van der Waals surface area contributed by atoms with Gasteiger partial charge in [-0.25, -0.2) is 4.98 Å². The molecule has 0 bridgehead atoms. The van der Waals surface area contributed by atoms with Crippen LogP contribution < -0.4 is 21.3 Å². The van der Waals surface area contributed by atoms with Gasteiger partial charge in [0, 0.05) is 30.8 Å². The van der Waals surface area contributed by atoms with Crippen LogP contribution in [0.2, 0.25) is 0 Å². The van der Waals surface area contributed by atoms with Gasteiger partial charge < -0.3 is 14.1 Å². The van der Waals surface area contributed by atoms with Crippen molar-refractivity contribution in [1.29, 1.82) is 0 Å². The quantitative estimate of drug-likeness (QED) is 0.622. The molecule has 1 aliphatic rings. The van der Waals surface area contributed by atoms with Gasteiger partial charge >= 0.3 is 5.91 Å². The van der Waals surface area contributed by atoms with E-state index in [1.54, 1.807) is 13.0 Å². The number of nitrogens with zero attached hydrogens (tertiary/aromatic N) is 2. The Hall–Kier alpha value is -3.14. The number of carbonyl (C=O) groups is 2. The van der Waals surface area contributed by atoms with Crippen LogP contribution in [0, 0.1) is 6.92 Å². The number of anilines is 1. The van der Waals surface area contributed by atoms with Crippen LogP contribution >= 0.6 is 0 Å². The Kier molecular flexibility index (Phi) is 5.87. The molecule has 144 valence electrons. The summed E-state index contributed by atoms with van der Waals surface area (Å²) in [6.45, 7) is 4.26. The summed E-state index contributed by atoms with van der Waals surface area (Å²) in [5.41, 5.74) is 5.29. The maximum Gasteiger partial charge on any atom is 0.305 e. The molecule has 3 heterocycles. The molecular formula is C17H21N5O5. The highest BCUT2D eigenvalue weighted by Crippen LogP contribution is 2.11. The molecule has 0 unspecified atom stereocenters. The molecular weight excluding hydrogens is 354 g/mol. The van der Waals surface area contributed by atoms with Crippen LogP contribution in [-0.2, 0) is 16.0 Å². The maximum atomic E-state index is 12.4. The molecule has 0 atom stereocenters. The fourth-order valence-corrected chi connectivity index (χ4v) is 2.71. The van der Waals surface area contributed by atoms with Crippen LogP contribution in [0.3, 0.4) is 0 Å². The zero-order valence-corrected chi connectivity index (χ0v) is 14.9. The molecule has 2 amide bonds. The lowest BCUT2D eigenvalue weighted by Gasteiger charge is -2.27. The number of furan rings is 1. The summed E-state index contributed by atoms with van der Waals surface area (Å²) in [7, 11) is 0. The van der Waals surface area contributed by atoms with E-state index in [0.717, 1.165) is 0 Å².